The zero-order valence-electron chi connectivity index (χ0n) is 8.67. The van der Waals surface area contributed by atoms with E-state index in [2.05, 4.69) is 5.32 Å². The maximum absolute atomic E-state index is 11.4. The maximum atomic E-state index is 11.4. The van der Waals surface area contributed by atoms with Crippen molar-refractivity contribution in [1.29, 1.82) is 0 Å². The summed E-state index contributed by atoms with van der Waals surface area (Å²) in [6.45, 7) is -0.0729. The summed E-state index contributed by atoms with van der Waals surface area (Å²) < 4.78 is 0. The molecule has 0 aliphatic carbocycles. The SMILES string of the molecule is O=C(O)CCNC(=O)c1cc(O)c(O)c(O)c1. The molecule has 7 heteroatoms. The van der Waals surface area contributed by atoms with E-state index in [-0.39, 0.29) is 18.5 Å². The standard InChI is InChI=1S/C10H11NO6/c12-6-3-5(4-7(13)9(6)16)10(17)11-2-1-8(14)15/h3-4,12-13,16H,1-2H2,(H,11,17)(H,14,15). The number of nitrogens with one attached hydrogen (secondary N) is 1. The summed E-state index contributed by atoms with van der Waals surface area (Å²) >= 11 is 0. The molecule has 0 radical (unpaired) electrons. The lowest BCUT2D eigenvalue weighted by molar-refractivity contribution is -0.136. The number of hydrogen-bond acceptors (Lipinski definition) is 5. The quantitative estimate of drug-likeness (QED) is 0.472. The number of rotatable bonds is 4. The fraction of sp³-hybridized carbons (Fsp3) is 0.200. The van der Waals surface area contributed by atoms with E-state index in [1.54, 1.807) is 0 Å². The summed E-state index contributed by atoms with van der Waals surface area (Å²) in [5.74, 6) is -3.69. The van der Waals surface area contributed by atoms with Crippen molar-refractivity contribution in [2.75, 3.05) is 6.54 Å². The number of carboxylic acid groups (broad SMARTS) is 1. The summed E-state index contributed by atoms with van der Waals surface area (Å²) in [4.78, 5) is 21.6. The van der Waals surface area contributed by atoms with Gasteiger partial charge in [0.2, 0.25) is 0 Å². The first-order chi connectivity index (χ1) is 7.91. The van der Waals surface area contributed by atoms with Gasteiger partial charge in [0.05, 0.1) is 6.42 Å². The first kappa shape index (κ1) is 12.6. The van der Waals surface area contributed by atoms with E-state index < -0.39 is 29.1 Å². The largest absolute Gasteiger partial charge is 0.504 e. The molecule has 0 unspecified atom stereocenters. The summed E-state index contributed by atoms with van der Waals surface area (Å²) in [6, 6.07) is 1.93. The van der Waals surface area contributed by atoms with Crippen molar-refractivity contribution < 1.29 is 30.0 Å². The molecule has 0 aliphatic heterocycles. The Balaban J connectivity index is 2.73. The lowest BCUT2D eigenvalue weighted by Crippen LogP contribution is -2.25. The van der Waals surface area contributed by atoms with Crippen LogP contribution in [0.5, 0.6) is 17.2 Å². The molecule has 5 N–H and O–H groups in total. The molecule has 0 fully saturated rings. The molecular weight excluding hydrogens is 230 g/mol. The van der Waals surface area contributed by atoms with Gasteiger partial charge in [0, 0.05) is 12.1 Å². The first-order valence-corrected chi connectivity index (χ1v) is 4.66. The van der Waals surface area contributed by atoms with E-state index in [0.29, 0.717) is 0 Å². The van der Waals surface area contributed by atoms with E-state index in [1.807, 2.05) is 0 Å². The molecule has 7 nitrogen and oxygen atoms in total. The molecule has 1 amide bonds. The Morgan fingerprint density at radius 2 is 1.65 bits per heavy atom. The predicted octanol–water partition coefficient (Wildman–Crippen LogP) is 0.00790. The van der Waals surface area contributed by atoms with Gasteiger partial charge in [0.25, 0.3) is 5.91 Å². The molecule has 92 valence electrons. The zero-order chi connectivity index (χ0) is 13.0. The Morgan fingerprint density at radius 3 is 2.12 bits per heavy atom. The second kappa shape index (κ2) is 5.06. The van der Waals surface area contributed by atoms with Crippen LogP contribution in [0.3, 0.4) is 0 Å². The highest BCUT2D eigenvalue weighted by Gasteiger charge is 2.13. The predicted molar refractivity (Wildman–Crippen MR) is 56.0 cm³/mol. The molecular formula is C10H11NO6. The topological polar surface area (TPSA) is 127 Å². The summed E-state index contributed by atoms with van der Waals surface area (Å²) in [5, 5.41) is 38.0. The Labute approximate surface area is 95.9 Å². The zero-order valence-corrected chi connectivity index (χ0v) is 8.67. The van der Waals surface area contributed by atoms with Crippen LogP contribution in [-0.2, 0) is 4.79 Å². The average molecular weight is 241 g/mol. The first-order valence-electron chi connectivity index (χ1n) is 4.66. The van der Waals surface area contributed by atoms with Crippen molar-refractivity contribution in [2.45, 2.75) is 6.42 Å². The number of phenols is 3. The van der Waals surface area contributed by atoms with Crippen molar-refractivity contribution in [3.63, 3.8) is 0 Å². The number of carbonyl (C=O) groups is 2. The molecule has 0 bridgehead atoms. The van der Waals surface area contributed by atoms with Crippen LogP contribution in [0.4, 0.5) is 0 Å². The average Bonchev–Trinajstić information content (AvgIpc) is 2.24. The van der Waals surface area contributed by atoms with Gasteiger partial charge in [-0.15, -0.1) is 0 Å². The second-order valence-corrected chi connectivity index (χ2v) is 3.26. The van der Waals surface area contributed by atoms with Crippen LogP contribution in [0.2, 0.25) is 0 Å². The van der Waals surface area contributed by atoms with Gasteiger partial charge in [-0.1, -0.05) is 0 Å². The third-order valence-electron chi connectivity index (χ3n) is 1.96. The molecule has 0 spiro atoms. The van der Waals surface area contributed by atoms with Gasteiger partial charge in [0.15, 0.2) is 17.2 Å². The monoisotopic (exact) mass is 241 g/mol. The van der Waals surface area contributed by atoms with Gasteiger partial charge in [-0.3, -0.25) is 9.59 Å². The minimum atomic E-state index is -1.05. The number of aliphatic carboxylic acids is 1. The molecule has 1 aromatic rings. The van der Waals surface area contributed by atoms with Crippen molar-refractivity contribution in [2.24, 2.45) is 0 Å². The number of phenolic OH excluding ortho intramolecular Hbond substituents is 3. The molecule has 0 heterocycles. The maximum Gasteiger partial charge on any atom is 0.305 e. The summed E-state index contributed by atoms with van der Waals surface area (Å²) in [6.07, 6.45) is -0.234. The van der Waals surface area contributed by atoms with Crippen LogP contribution < -0.4 is 5.32 Å². The summed E-state index contributed by atoms with van der Waals surface area (Å²) in [7, 11) is 0. The Morgan fingerprint density at radius 1 is 1.12 bits per heavy atom. The third kappa shape index (κ3) is 3.26. The number of carbonyl (C=O) groups excluding carboxylic acids is 1. The van der Waals surface area contributed by atoms with Crippen LogP contribution in [-0.4, -0.2) is 38.8 Å². The molecule has 0 saturated heterocycles. The lowest BCUT2D eigenvalue weighted by atomic mass is 10.1. The highest BCUT2D eigenvalue weighted by atomic mass is 16.4. The van der Waals surface area contributed by atoms with E-state index in [1.165, 1.54) is 0 Å². The van der Waals surface area contributed by atoms with Crippen molar-refractivity contribution in [1.82, 2.24) is 5.32 Å². The summed E-state index contributed by atoms with van der Waals surface area (Å²) in [5.41, 5.74) is -0.0804. The Bertz CT molecular complexity index is 433. The van der Waals surface area contributed by atoms with Crippen molar-refractivity contribution in [3.8, 4) is 17.2 Å². The number of benzene rings is 1. The van der Waals surface area contributed by atoms with Crippen molar-refractivity contribution in [3.05, 3.63) is 17.7 Å². The highest BCUT2D eigenvalue weighted by Crippen LogP contribution is 2.35. The van der Waals surface area contributed by atoms with E-state index >= 15 is 0 Å². The van der Waals surface area contributed by atoms with Crippen LogP contribution in [0, 0.1) is 0 Å². The molecule has 1 rings (SSSR count). The van der Waals surface area contributed by atoms with Crippen molar-refractivity contribution >= 4 is 11.9 Å². The molecule has 0 aliphatic rings. The van der Waals surface area contributed by atoms with Gasteiger partial charge in [-0.25, -0.2) is 0 Å². The third-order valence-corrected chi connectivity index (χ3v) is 1.96. The Hall–Kier alpha value is -2.44. The number of hydrogen-bond donors (Lipinski definition) is 5. The molecule has 0 aromatic heterocycles. The molecule has 0 saturated carbocycles. The van der Waals surface area contributed by atoms with Crippen LogP contribution >= 0.6 is 0 Å². The highest BCUT2D eigenvalue weighted by molar-refractivity contribution is 5.95. The second-order valence-electron chi connectivity index (χ2n) is 3.26. The van der Waals surface area contributed by atoms with Crippen LogP contribution in [0.25, 0.3) is 0 Å². The van der Waals surface area contributed by atoms with E-state index in [9.17, 15) is 9.59 Å². The lowest BCUT2D eigenvalue weighted by Gasteiger charge is -2.06. The van der Waals surface area contributed by atoms with Gasteiger partial charge in [-0.2, -0.15) is 0 Å². The minimum Gasteiger partial charge on any atom is -0.504 e. The van der Waals surface area contributed by atoms with Gasteiger partial charge < -0.3 is 25.7 Å². The van der Waals surface area contributed by atoms with E-state index in [4.69, 9.17) is 20.4 Å². The van der Waals surface area contributed by atoms with E-state index in [0.717, 1.165) is 12.1 Å². The number of carboxylic acids is 1. The fourth-order valence-electron chi connectivity index (χ4n) is 1.12. The minimum absolute atomic E-state index is 0.0729. The number of amides is 1. The molecule has 0 atom stereocenters. The smallest absolute Gasteiger partial charge is 0.305 e. The number of aromatic hydroxyl groups is 3. The van der Waals surface area contributed by atoms with Gasteiger partial charge >= 0.3 is 5.97 Å². The van der Waals surface area contributed by atoms with Gasteiger partial charge in [0.1, 0.15) is 0 Å². The molecule has 17 heavy (non-hydrogen) atoms. The van der Waals surface area contributed by atoms with Crippen LogP contribution in [0.1, 0.15) is 16.8 Å². The molecule has 1 aromatic carbocycles. The van der Waals surface area contributed by atoms with Gasteiger partial charge in [-0.05, 0) is 12.1 Å². The normalized spacial score (nSPS) is 9.88. The fourth-order valence-corrected chi connectivity index (χ4v) is 1.12. The Kier molecular flexibility index (Phi) is 3.76. The van der Waals surface area contributed by atoms with Crippen LogP contribution in [0.15, 0.2) is 12.1 Å².